The topological polar surface area (TPSA) is 86.1 Å². The van der Waals surface area contributed by atoms with E-state index in [4.69, 9.17) is 16.3 Å². The van der Waals surface area contributed by atoms with Gasteiger partial charge in [0.25, 0.3) is 5.91 Å². The fourth-order valence-corrected chi connectivity index (χ4v) is 3.33. The number of halogens is 1. The summed E-state index contributed by atoms with van der Waals surface area (Å²) in [5.74, 6) is -0.686. The molecule has 0 aliphatic rings. The van der Waals surface area contributed by atoms with Crippen LogP contribution in [0.3, 0.4) is 0 Å². The van der Waals surface area contributed by atoms with E-state index in [0.29, 0.717) is 33.8 Å². The first-order chi connectivity index (χ1) is 13.0. The van der Waals surface area contributed by atoms with E-state index in [-0.39, 0.29) is 18.3 Å². The quantitative estimate of drug-likeness (QED) is 0.635. The Kier molecular flexibility index (Phi) is 5.88. The Morgan fingerprint density at radius 1 is 1.33 bits per heavy atom. The Hall–Kier alpha value is -2.71. The molecule has 0 radical (unpaired) electrons. The molecule has 9 heteroatoms. The summed E-state index contributed by atoms with van der Waals surface area (Å²) in [7, 11) is 1.69. The van der Waals surface area contributed by atoms with Gasteiger partial charge in [-0.25, -0.2) is 4.98 Å². The van der Waals surface area contributed by atoms with E-state index in [1.165, 1.54) is 16.0 Å². The van der Waals surface area contributed by atoms with Crippen LogP contribution < -0.4 is 5.32 Å². The number of rotatable bonds is 6. The van der Waals surface area contributed by atoms with Gasteiger partial charge in [0.15, 0.2) is 5.13 Å². The highest BCUT2D eigenvalue weighted by Gasteiger charge is 2.16. The van der Waals surface area contributed by atoms with Gasteiger partial charge in [0, 0.05) is 23.0 Å². The molecule has 0 aliphatic carbocycles. The maximum Gasteiger partial charge on any atom is 0.311 e. The molecule has 1 amide bonds. The number of aromatic nitrogens is 3. The van der Waals surface area contributed by atoms with Crippen molar-refractivity contribution in [2.45, 2.75) is 13.3 Å². The lowest BCUT2D eigenvalue weighted by atomic mass is 10.1. The van der Waals surface area contributed by atoms with Gasteiger partial charge >= 0.3 is 5.97 Å². The minimum atomic E-state index is -0.349. The lowest BCUT2D eigenvalue weighted by Gasteiger charge is -2.01. The number of carbonyl (C=O) groups is 2. The Bertz CT molecular complexity index is 983. The molecule has 1 aromatic carbocycles. The maximum atomic E-state index is 12.6. The number of carbonyl (C=O) groups excluding carboxylic acids is 2. The number of esters is 1. The van der Waals surface area contributed by atoms with Crippen LogP contribution in [-0.2, 0) is 23.0 Å². The molecule has 0 fully saturated rings. The minimum Gasteiger partial charge on any atom is -0.466 e. The standard InChI is InChI=1S/C18H17ClN4O3S/c1-3-26-16(24)8-13-10-27-18(20-13)21-17(25)15-9-14(22-23(15)2)11-5-4-6-12(19)7-11/h4-7,9-10H,3,8H2,1-2H3,(H,20,21,25). The third-order valence-corrected chi connectivity index (χ3v) is 4.68. The average Bonchev–Trinajstić information content (AvgIpc) is 3.21. The van der Waals surface area contributed by atoms with Gasteiger partial charge in [-0.2, -0.15) is 5.10 Å². The van der Waals surface area contributed by atoms with Gasteiger partial charge in [0.05, 0.1) is 24.4 Å². The smallest absolute Gasteiger partial charge is 0.311 e. The lowest BCUT2D eigenvalue weighted by Crippen LogP contribution is -2.16. The van der Waals surface area contributed by atoms with E-state index in [2.05, 4.69) is 15.4 Å². The normalized spacial score (nSPS) is 10.6. The number of hydrogen-bond donors (Lipinski definition) is 1. The first-order valence-corrected chi connectivity index (χ1v) is 9.43. The Labute approximate surface area is 164 Å². The maximum absolute atomic E-state index is 12.6. The summed E-state index contributed by atoms with van der Waals surface area (Å²) in [5.41, 5.74) is 2.40. The van der Waals surface area contributed by atoms with Crippen molar-refractivity contribution in [1.82, 2.24) is 14.8 Å². The second-order valence-corrected chi connectivity index (χ2v) is 6.92. The van der Waals surface area contributed by atoms with Crippen molar-refractivity contribution < 1.29 is 14.3 Å². The van der Waals surface area contributed by atoms with Crippen LogP contribution in [0.2, 0.25) is 5.02 Å². The molecule has 0 spiro atoms. The zero-order valence-electron chi connectivity index (χ0n) is 14.7. The van der Waals surface area contributed by atoms with E-state index in [1.54, 1.807) is 37.6 Å². The first-order valence-electron chi connectivity index (χ1n) is 8.17. The molecule has 2 aromatic heterocycles. The summed E-state index contributed by atoms with van der Waals surface area (Å²) in [5, 5.41) is 9.82. The van der Waals surface area contributed by atoms with Crippen molar-refractivity contribution in [1.29, 1.82) is 0 Å². The van der Waals surface area contributed by atoms with Gasteiger partial charge in [-0.15, -0.1) is 11.3 Å². The van der Waals surface area contributed by atoms with E-state index in [0.717, 1.165) is 5.56 Å². The van der Waals surface area contributed by atoms with Gasteiger partial charge in [-0.3, -0.25) is 19.6 Å². The second kappa shape index (κ2) is 8.32. The Morgan fingerprint density at radius 3 is 2.89 bits per heavy atom. The number of nitrogens with one attached hydrogen (secondary N) is 1. The Morgan fingerprint density at radius 2 is 2.15 bits per heavy atom. The van der Waals surface area contributed by atoms with E-state index >= 15 is 0 Å². The zero-order chi connectivity index (χ0) is 19.4. The van der Waals surface area contributed by atoms with E-state index in [9.17, 15) is 9.59 Å². The number of amides is 1. The van der Waals surface area contributed by atoms with Crippen molar-refractivity contribution >= 4 is 39.9 Å². The molecule has 0 saturated heterocycles. The SMILES string of the molecule is CCOC(=O)Cc1csc(NC(=O)c2cc(-c3cccc(Cl)c3)nn2C)n1. The molecule has 0 unspecified atom stereocenters. The molecule has 3 aromatic rings. The molecule has 27 heavy (non-hydrogen) atoms. The van der Waals surface area contributed by atoms with Gasteiger partial charge in [0.2, 0.25) is 0 Å². The van der Waals surface area contributed by atoms with Crippen LogP contribution in [0.1, 0.15) is 23.1 Å². The third kappa shape index (κ3) is 4.72. The van der Waals surface area contributed by atoms with Gasteiger partial charge in [0.1, 0.15) is 5.69 Å². The van der Waals surface area contributed by atoms with Crippen LogP contribution in [0.15, 0.2) is 35.7 Å². The summed E-state index contributed by atoms with van der Waals surface area (Å²) < 4.78 is 6.39. The summed E-state index contributed by atoms with van der Waals surface area (Å²) in [6.07, 6.45) is 0.0742. The molecule has 2 heterocycles. The van der Waals surface area contributed by atoms with Crippen LogP contribution >= 0.6 is 22.9 Å². The van der Waals surface area contributed by atoms with Crippen molar-refractivity contribution in [2.24, 2.45) is 7.05 Å². The van der Waals surface area contributed by atoms with Crippen LogP contribution in [-0.4, -0.2) is 33.2 Å². The predicted molar refractivity (Wildman–Crippen MR) is 104 cm³/mol. The fraction of sp³-hybridized carbons (Fsp3) is 0.222. The second-order valence-electron chi connectivity index (χ2n) is 5.63. The molecular weight excluding hydrogens is 388 g/mol. The number of ether oxygens (including phenoxy) is 1. The van der Waals surface area contributed by atoms with Crippen molar-refractivity contribution in [3.05, 3.63) is 52.1 Å². The van der Waals surface area contributed by atoms with Gasteiger partial charge in [-0.05, 0) is 25.1 Å². The van der Waals surface area contributed by atoms with Gasteiger partial charge < -0.3 is 4.74 Å². The third-order valence-electron chi connectivity index (χ3n) is 3.64. The molecule has 1 N–H and O–H groups in total. The van der Waals surface area contributed by atoms with Gasteiger partial charge in [-0.1, -0.05) is 23.7 Å². The molecule has 0 bridgehead atoms. The number of nitrogens with zero attached hydrogens (tertiary/aromatic N) is 3. The van der Waals surface area contributed by atoms with E-state index in [1.807, 2.05) is 12.1 Å². The number of aryl methyl sites for hydroxylation is 1. The summed E-state index contributed by atoms with van der Waals surface area (Å²) >= 11 is 7.26. The summed E-state index contributed by atoms with van der Waals surface area (Å²) in [4.78, 5) is 28.3. The van der Waals surface area contributed by atoms with Crippen molar-refractivity contribution in [2.75, 3.05) is 11.9 Å². The fourth-order valence-electron chi connectivity index (χ4n) is 2.44. The molecule has 0 saturated carbocycles. The number of benzene rings is 1. The number of anilines is 1. The molecule has 140 valence electrons. The van der Waals surface area contributed by atoms with Crippen molar-refractivity contribution in [3.63, 3.8) is 0 Å². The average molecular weight is 405 g/mol. The van der Waals surface area contributed by atoms with Crippen LogP contribution in [0, 0.1) is 0 Å². The van der Waals surface area contributed by atoms with Crippen LogP contribution in [0.4, 0.5) is 5.13 Å². The molecule has 7 nitrogen and oxygen atoms in total. The highest BCUT2D eigenvalue weighted by Crippen LogP contribution is 2.23. The molecule has 0 aliphatic heterocycles. The summed E-state index contributed by atoms with van der Waals surface area (Å²) in [6, 6.07) is 8.95. The monoisotopic (exact) mass is 404 g/mol. The van der Waals surface area contributed by atoms with E-state index < -0.39 is 0 Å². The Balaban J connectivity index is 1.72. The minimum absolute atomic E-state index is 0.0742. The summed E-state index contributed by atoms with van der Waals surface area (Å²) in [6.45, 7) is 2.07. The first kappa shape index (κ1) is 19.1. The highest BCUT2D eigenvalue weighted by atomic mass is 35.5. The zero-order valence-corrected chi connectivity index (χ0v) is 16.3. The van der Waals surface area contributed by atoms with Crippen molar-refractivity contribution in [3.8, 4) is 11.3 Å². The number of hydrogen-bond acceptors (Lipinski definition) is 6. The predicted octanol–water partition coefficient (Wildman–Crippen LogP) is 3.55. The highest BCUT2D eigenvalue weighted by molar-refractivity contribution is 7.14. The van der Waals surface area contributed by atoms with Crippen LogP contribution in [0.25, 0.3) is 11.3 Å². The molecule has 0 atom stereocenters. The van der Waals surface area contributed by atoms with Crippen LogP contribution in [0.5, 0.6) is 0 Å². The number of thiazole rings is 1. The molecule has 3 rings (SSSR count). The lowest BCUT2D eigenvalue weighted by molar-refractivity contribution is -0.142. The molecular formula is C18H17ClN4O3S. The largest absolute Gasteiger partial charge is 0.466 e.